The van der Waals surface area contributed by atoms with Crippen LogP contribution in [0.1, 0.15) is 18.5 Å². The minimum absolute atomic E-state index is 0.0730. The second kappa shape index (κ2) is 9.27. The first-order chi connectivity index (χ1) is 13.6. The van der Waals surface area contributed by atoms with Gasteiger partial charge in [0.15, 0.2) is 0 Å². The lowest BCUT2D eigenvalue weighted by molar-refractivity contribution is -0.119. The van der Waals surface area contributed by atoms with Gasteiger partial charge in [0.1, 0.15) is 11.5 Å². The van der Waals surface area contributed by atoms with Crippen LogP contribution in [0.3, 0.4) is 0 Å². The molecular weight excluding hydrogens is 378 g/mol. The molecule has 1 amide bonds. The maximum absolute atomic E-state index is 12.2. The van der Waals surface area contributed by atoms with Crippen LogP contribution in [0.15, 0.2) is 58.2 Å². The molecule has 1 unspecified atom stereocenters. The first kappa shape index (κ1) is 19.8. The second-order valence-electron chi connectivity index (χ2n) is 5.93. The molecule has 2 aromatic carbocycles. The minimum Gasteiger partial charge on any atom is -0.497 e. The largest absolute Gasteiger partial charge is 0.497 e. The third-order valence-corrected chi connectivity index (χ3v) is 4.87. The molecule has 28 heavy (non-hydrogen) atoms. The molecule has 3 rings (SSSR count). The van der Waals surface area contributed by atoms with E-state index in [1.54, 1.807) is 32.4 Å². The zero-order valence-electron chi connectivity index (χ0n) is 15.8. The molecule has 1 aromatic heterocycles. The quantitative estimate of drug-likeness (QED) is 0.578. The van der Waals surface area contributed by atoms with Crippen LogP contribution in [0.4, 0.5) is 0 Å². The number of nitrogens with zero attached hydrogens (tertiary/aromatic N) is 2. The Balaban J connectivity index is 1.60. The number of aromatic nitrogens is 2. The fourth-order valence-electron chi connectivity index (χ4n) is 2.59. The van der Waals surface area contributed by atoms with E-state index < -0.39 is 0 Å². The lowest BCUT2D eigenvalue weighted by atomic mass is 10.1. The zero-order valence-corrected chi connectivity index (χ0v) is 16.7. The number of benzene rings is 2. The van der Waals surface area contributed by atoms with Gasteiger partial charge in [0.05, 0.1) is 31.6 Å². The summed E-state index contributed by atoms with van der Waals surface area (Å²) >= 11 is 1.18. The first-order valence-electron chi connectivity index (χ1n) is 8.63. The standard InChI is InChI=1S/C20H21N3O4S/c1-13(14-7-5-4-6-8-14)21-18(24)12-28-20-23-22-19(27-20)16-10-9-15(25-2)11-17(16)26-3/h4-11,13H,12H2,1-3H3,(H,21,24). The summed E-state index contributed by atoms with van der Waals surface area (Å²) in [5.41, 5.74) is 1.71. The van der Waals surface area contributed by atoms with Crippen LogP contribution in [0, 0.1) is 0 Å². The predicted octanol–water partition coefficient (Wildman–Crippen LogP) is 3.72. The summed E-state index contributed by atoms with van der Waals surface area (Å²) in [7, 11) is 3.14. The Hall–Kier alpha value is -3.00. The Morgan fingerprint density at radius 3 is 2.64 bits per heavy atom. The summed E-state index contributed by atoms with van der Waals surface area (Å²) < 4.78 is 16.2. The van der Waals surface area contributed by atoms with Gasteiger partial charge in [0, 0.05) is 6.07 Å². The number of nitrogens with one attached hydrogen (secondary N) is 1. The molecule has 0 aliphatic heterocycles. The number of hydrogen-bond acceptors (Lipinski definition) is 7. The lowest BCUT2D eigenvalue weighted by Crippen LogP contribution is -2.28. The highest BCUT2D eigenvalue weighted by molar-refractivity contribution is 7.99. The number of hydrogen-bond donors (Lipinski definition) is 1. The van der Waals surface area contributed by atoms with Crippen LogP contribution in [-0.4, -0.2) is 36.1 Å². The molecule has 7 nitrogen and oxygen atoms in total. The molecule has 1 atom stereocenters. The van der Waals surface area contributed by atoms with Crippen molar-refractivity contribution >= 4 is 17.7 Å². The van der Waals surface area contributed by atoms with E-state index in [2.05, 4.69) is 15.5 Å². The fraction of sp³-hybridized carbons (Fsp3) is 0.250. The third-order valence-electron chi connectivity index (χ3n) is 4.05. The summed E-state index contributed by atoms with van der Waals surface area (Å²) in [6, 6.07) is 15.0. The molecule has 0 aliphatic carbocycles. The number of carbonyl (C=O) groups excluding carboxylic acids is 1. The maximum Gasteiger partial charge on any atom is 0.277 e. The van der Waals surface area contributed by atoms with Crippen LogP contribution in [0.5, 0.6) is 11.5 Å². The van der Waals surface area contributed by atoms with Crippen LogP contribution in [0.25, 0.3) is 11.5 Å². The molecule has 146 valence electrons. The van der Waals surface area contributed by atoms with Gasteiger partial charge in [0.2, 0.25) is 5.91 Å². The van der Waals surface area contributed by atoms with E-state index >= 15 is 0 Å². The van der Waals surface area contributed by atoms with Gasteiger partial charge in [-0.2, -0.15) is 0 Å². The number of ether oxygens (including phenoxy) is 2. The number of carbonyl (C=O) groups is 1. The van der Waals surface area contributed by atoms with Crippen LogP contribution < -0.4 is 14.8 Å². The summed E-state index contributed by atoms with van der Waals surface area (Å²) in [5, 5.41) is 11.3. The molecule has 0 spiro atoms. The van der Waals surface area contributed by atoms with Crippen molar-refractivity contribution in [2.24, 2.45) is 0 Å². The van der Waals surface area contributed by atoms with Crippen molar-refractivity contribution < 1.29 is 18.7 Å². The van der Waals surface area contributed by atoms with E-state index in [0.29, 0.717) is 28.2 Å². The first-order valence-corrected chi connectivity index (χ1v) is 9.62. The zero-order chi connectivity index (χ0) is 19.9. The SMILES string of the molecule is COc1ccc(-c2nnc(SCC(=O)NC(C)c3ccccc3)o2)c(OC)c1. The Labute approximate surface area is 167 Å². The molecule has 3 aromatic rings. The van der Waals surface area contributed by atoms with Crippen molar-refractivity contribution in [1.82, 2.24) is 15.5 Å². The second-order valence-corrected chi connectivity index (χ2v) is 6.85. The number of methoxy groups -OCH3 is 2. The summed E-state index contributed by atoms with van der Waals surface area (Å²) in [6.07, 6.45) is 0. The third kappa shape index (κ3) is 4.83. The topological polar surface area (TPSA) is 86.5 Å². The van der Waals surface area contributed by atoms with Gasteiger partial charge >= 0.3 is 0 Å². The predicted molar refractivity (Wildman–Crippen MR) is 107 cm³/mol. The average molecular weight is 399 g/mol. The molecule has 8 heteroatoms. The van der Waals surface area contributed by atoms with Crippen LogP contribution in [-0.2, 0) is 4.79 Å². The van der Waals surface area contributed by atoms with E-state index in [-0.39, 0.29) is 17.7 Å². The van der Waals surface area contributed by atoms with Gasteiger partial charge < -0.3 is 19.2 Å². The number of thioether (sulfide) groups is 1. The average Bonchev–Trinajstić information content (AvgIpc) is 3.21. The minimum atomic E-state index is -0.108. The highest BCUT2D eigenvalue weighted by Gasteiger charge is 2.16. The molecule has 1 N–H and O–H groups in total. The lowest BCUT2D eigenvalue weighted by Gasteiger charge is -2.13. The molecule has 0 saturated carbocycles. The van der Waals surface area contributed by atoms with Gasteiger partial charge in [-0.25, -0.2) is 0 Å². The van der Waals surface area contributed by atoms with Crippen LogP contribution in [0.2, 0.25) is 0 Å². The Kier molecular flexibility index (Phi) is 6.54. The van der Waals surface area contributed by atoms with Gasteiger partial charge in [-0.1, -0.05) is 42.1 Å². The van der Waals surface area contributed by atoms with Gasteiger partial charge in [-0.15, -0.1) is 10.2 Å². The molecular formula is C20H21N3O4S. The van der Waals surface area contributed by atoms with Gasteiger partial charge in [-0.05, 0) is 24.6 Å². The molecule has 0 saturated heterocycles. The Morgan fingerprint density at radius 2 is 1.93 bits per heavy atom. The molecule has 0 radical (unpaired) electrons. The molecule has 0 fully saturated rings. The van der Waals surface area contributed by atoms with Gasteiger partial charge in [0.25, 0.3) is 11.1 Å². The number of rotatable bonds is 8. The molecule has 0 aliphatic rings. The van der Waals surface area contributed by atoms with E-state index in [1.165, 1.54) is 11.8 Å². The summed E-state index contributed by atoms with van der Waals surface area (Å²) in [4.78, 5) is 12.2. The van der Waals surface area contributed by atoms with E-state index in [4.69, 9.17) is 13.9 Å². The normalized spacial score (nSPS) is 11.7. The Morgan fingerprint density at radius 1 is 1.14 bits per heavy atom. The van der Waals surface area contributed by atoms with Crippen LogP contribution >= 0.6 is 11.8 Å². The number of amides is 1. The van der Waals surface area contributed by atoms with Crippen molar-refractivity contribution in [2.45, 2.75) is 18.2 Å². The van der Waals surface area contributed by atoms with Crippen molar-refractivity contribution in [3.05, 3.63) is 54.1 Å². The smallest absolute Gasteiger partial charge is 0.277 e. The van der Waals surface area contributed by atoms with Crippen molar-refractivity contribution in [3.8, 4) is 23.0 Å². The highest BCUT2D eigenvalue weighted by Crippen LogP contribution is 2.33. The van der Waals surface area contributed by atoms with Crippen molar-refractivity contribution in [1.29, 1.82) is 0 Å². The van der Waals surface area contributed by atoms with E-state index in [9.17, 15) is 4.79 Å². The maximum atomic E-state index is 12.2. The van der Waals surface area contributed by atoms with Crippen molar-refractivity contribution in [3.63, 3.8) is 0 Å². The van der Waals surface area contributed by atoms with E-state index in [0.717, 1.165) is 5.56 Å². The molecule has 0 bridgehead atoms. The van der Waals surface area contributed by atoms with Gasteiger partial charge in [-0.3, -0.25) is 4.79 Å². The summed E-state index contributed by atoms with van der Waals surface area (Å²) in [6.45, 7) is 1.94. The fourth-order valence-corrected chi connectivity index (χ4v) is 3.16. The monoisotopic (exact) mass is 399 g/mol. The molecule has 1 heterocycles. The van der Waals surface area contributed by atoms with E-state index in [1.807, 2.05) is 37.3 Å². The Bertz CT molecular complexity index is 930. The van der Waals surface area contributed by atoms with Crippen molar-refractivity contribution in [2.75, 3.05) is 20.0 Å². The summed E-state index contributed by atoms with van der Waals surface area (Å²) in [5.74, 6) is 1.62. The highest BCUT2D eigenvalue weighted by atomic mass is 32.2.